The molecule has 0 N–H and O–H groups in total. The van der Waals surface area contributed by atoms with Crippen molar-refractivity contribution < 1.29 is 8.42 Å². The van der Waals surface area contributed by atoms with Gasteiger partial charge in [-0.1, -0.05) is 0 Å². The maximum atomic E-state index is 11.6. The first kappa shape index (κ1) is 15.8. The number of hydrogen-bond donors (Lipinski definition) is 0. The summed E-state index contributed by atoms with van der Waals surface area (Å²) in [5.74, 6) is 0.939. The lowest BCUT2D eigenvalue weighted by Gasteiger charge is -2.38. The van der Waals surface area contributed by atoms with Crippen LogP contribution in [0.4, 0.5) is 0 Å². The number of hydrogen-bond acceptors (Lipinski definition) is 4. The fourth-order valence-corrected chi connectivity index (χ4v) is 4.87. The topological polar surface area (TPSA) is 55.2 Å². The molecule has 1 aromatic heterocycles. The van der Waals surface area contributed by atoms with E-state index in [2.05, 4.69) is 20.6 Å². The van der Waals surface area contributed by atoms with Crippen LogP contribution in [-0.2, 0) is 9.84 Å². The molecule has 0 bridgehead atoms. The normalized spacial score (nSPS) is 24.9. The van der Waals surface area contributed by atoms with Gasteiger partial charge in [0.05, 0.1) is 10.9 Å². The molecule has 128 valence electrons. The molecule has 2 aliphatic heterocycles. The molecule has 0 amide bonds. The summed E-state index contributed by atoms with van der Waals surface area (Å²) in [4.78, 5) is 7.53. The number of imidazole rings is 1. The van der Waals surface area contributed by atoms with E-state index in [1.807, 2.05) is 18.3 Å². The van der Waals surface area contributed by atoms with Crippen LogP contribution < -0.4 is 0 Å². The summed E-state index contributed by atoms with van der Waals surface area (Å²) in [6.45, 7) is 2.43. The van der Waals surface area contributed by atoms with Crippen LogP contribution in [-0.4, -0.2) is 48.3 Å². The zero-order valence-corrected chi connectivity index (χ0v) is 14.7. The van der Waals surface area contributed by atoms with E-state index in [0.717, 1.165) is 11.4 Å². The number of fused-ring (bicyclic) bond motifs is 1. The van der Waals surface area contributed by atoms with Crippen molar-refractivity contribution in [2.45, 2.75) is 42.7 Å². The highest BCUT2D eigenvalue weighted by atomic mass is 32.2. The van der Waals surface area contributed by atoms with E-state index in [9.17, 15) is 8.42 Å². The second-order valence-electron chi connectivity index (χ2n) is 6.91. The smallest absolute Gasteiger partial charge is 0.175 e. The van der Waals surface area contributed by atoms with E-state index in [4.69, 9.17) is 0 Å². The van der Waals surface area contributed by atoms with Crippen molar-refractivity contribution in [3.05, 3.63) is 36.7 Å². The molecule has 3 heterocycles. The molecular weight excluding hydrogens is 322 g/mol. The maximum absolute atomic E-state index is 11.6. The monoisotopic (exact) mass is 345 g/mol. The van der Waals surface area contributed by atoms with Gasteiger partial charge in [0.25, 0.3) is 0 Å². The van der Waals surface area contributed by atoms with Gasteiger partial charge in [-0.05, 0) is 63.0 Å². The molecule has 4 rings (SSSR count). The predicted octanol–water partition coefficient (Wildman–Crippen LogP) is 2.75. The summed E-state index contributed by atoms with van der Waals surface area (Å²) in [6.07, 6.45) is 10.1. The van der Waals surface area contributed by atoms with Crippen molar-refractivity contribution in [3.8, 4) is 11.4 Å². The third kappa shape index (κ3) is 2.78. The summed E-state index contributed by atoms with van der Waals surface area (Å²) in [6, 6.07) is 8.16. The standard InChI is InChI=1S/C18H23N3O2S/c1-24(22,23)15-8-6-14(7-9-15)18-19-10-13-21(18)17-5-3-12-20-11-2-4-16(17)20/h6-10,13,16-17H,2-5,11-12H2,1H3/t16-,17-/m1/s1. The van der Waals surface area contributed by atoms with Gasteiger partial charge in [-0.15, -0.1) is 0 Å². The number of rotatable bonds is 3. The van der Waals surface area contributed by atoms with Crippen molar-refractivity contribution in [3.63, 3.8) is 0 Å². The summed E-state index contributed by atoms with van der Waals surface area (Å²) in [7, 11) is -3.16. The minimum absolute atomic E-state index is 0.351. The van der Waals surface area contributed by atoms with Gasteiger partial charge >= 0.3 is 0 Å². The van der Waals surface area contributed by atoms with Crippen LogP contribution in [0, 0.1) is 0 Å². The molecule has 5 nitrogen and oxygen atoms in total. The van der Waals surface area contributed by atoms with E-state index < -0.39 is 9.84 Å². The molecule has 0 unspecified atom stereocenters. The van der Waals surface area contributed by atoms with Crippen LogP contribution in [0.1, 0.15) is 31.7 Å². The van der Waals surface area contributed by atoms with Crippen molar-refractivity contribution in [1.29, 1.82) is 0 Å². The predicted molar refractivity (Wildman–Crippen MR) is 93.6 cm³/mol. The number of nitrogens with zero attached hydrogens (tertiary/aromatic N) is 3. The Morgan fingerprint density at radius 2 is 1.71 bits per heavy atom. The Balaban J connectivity index is 1.67. The molecular formula is C18H23N3O2S. The number of benzene rings is 1. The summed E-state index contributed by atoms with van der Waals surface area (Å²) < 4.78 is 25.6. The number of piperidine rings is 1. The molecule has 1 aromatic carbocycles. The van der Waals surface area contributed by atoms with E-state index in [1.54, 1.807) is 12.1 Å². The Morgan fingerprint density at radius 1 is 1.04 bits per heavy atom. The Morgan fingerprint density at radius 3 is 2.38 bits per heavy atom. The molecule has 2 saturated heterocycles. The maximum Gasteiger partial charge on any atom is 0.175 e. The van der Waals surface area contributed by atoms with Gasteiger partial charge in [-0.2, -0.15) is 0 Å². The molecule has 2 aromatic rings. The van der Waals surface area contributed by atoms with Gasteiger partial charge < -0.3 is 4.57 Å². The van der Waals surface area contributed by atoms with Gasteiger partial charge in [-0.3, -0.25) is 4.90 Å². The molecule has 2 atom stereocenters. The third-order valence-corrected chi connectivity index (χ3v) is 6.50. The van der Waals surface area contributed by atoms with Crippen LogP contribution in [0.15, 0.2) is 41.6 Å². The summed E-state index contributed by atoms with van der Waals surface area (Å²) >= 11 is 0. The lowest BCUT2D eigenvalue weighted by atomic mass is 9.96. The quantitative estimate of drug-likeness (QED) is 0.858. The van der Waals surface area contributed by atoms with E-state index >= 15 is 0 Å². The first-order chi connectivity index (χ1) is 11.5. The minimum Gasteiger partial charge on any atom is -0.326 e. The second kappa shape index (κ2) is 6.01. The Hall–Kier alpha value is -1.66. The fourth-order valence-electron chi connectivity index (χ4n) is 4.24. The Labute approximate surface area is 143 Å². The van der Waals surface area contributed by atoms with Crippen molar-refractivity contribution in [1.82, 2.24) is 14.5 Å². The van der Waals surface area contributed by atoms with E-state index in [-0.39, 0.29) is 0 Å². The minimum atomic E-state index is -3.16. The molecule has 24 heavy (non-hydrogen) atoms. The molecule has 2 aliphatic rings. The molecule has 2 fully saturated rings. The highest BCUT2D eigenvalue weighted by molar-refractivity contribution is 7.90. The molecule has 0 spiro atoms. The van der Waals surface area contributed by atoms with Gasteiger partial charge in [0.1, 0.15) is 5.82 Å². The highest BCUT2D eigenvalue weighted by Crippen LogP contribution is 2.37. The van der Waals surface area contributed by atoms with Gasteiger partial charge in [0, 0.05) is 30.3 Å². The molecule has 0 aliphatic carbocycles. The Kier molecular flexibility index (Phi) is 3.96. The van der Waals surface area contributed by atoms with Gasteiger partial charge in [-0.25, -0.2) is 13.4 Å². The zero-order valence-electron chi connectivity index (χ0n) is 13.9. The third-order valence-electron chi connectivity index (χ3n) is 5.37. The first-order valence-electron chi connectivity index (χ1n) is 8.61. The van der Waals surface area contributed by atoms with Crippen molar-refractivity contribution in [2.24, 2.45) is 0 Å². The summed E-state index contributed by atoms with van der Waals surface area (Å²) in [5.41, 5.74) is 0.975. The molecule has 0 saturated carbocycles. The highest BCUT2D eigenvalue weighted by Gasteiger charge is 2.36. The SMILES string of the molecule is CS(=O)(=O)c1ccc(-c2nccn2[C@@H]2CCCN3CCC[C@H]23)cc1. The number of sulfone groups is 1. The largest absolute Gasteiger partial charge is 0.326 e. The average Bonchev–Trinajstić information content (AvgIpc) is 3.23. The molecule has 6 heteroatoms. The van der Waals surface area contributed by atoms with Gasteiger partial charge in [0.2, 0.25) is 0 Å². The van der Waals surface area contributed by atoms with Crippen LogP contribution in [0.3, 0.4) is 0 Å². The number of aromatic nitrogens is 2. The zero-order chi connectivity index (χ0) is 16.7. The van der Waals surface area contributed by atoms with Crippen molar-refractivity contribution >= 4 is 9.84 Å². The van der Waals surface area contributed by atoms with Crippen molar-refractivity contribution in [2.75, 3.05) is 19.3 Å². The Bertz CT molecular complexity index is 826. The fraction of sp³-hybridized carbons (Fsp3) is 0.500. The lowest BCUT2D eigenvalue weighted by molar-refractivity contribution is 0.139. The van der Waals surface area contributed by atoms with Crippen LogP contribution in [0.5, 0.6) is 0 Å². The van der Waals surface area contributed by atoms with E-state index in [1.165, 1.54) is 45.0 Å². The van der Waals surface area contributed by atoms with Crippen LogP contribution in [0.2, 0.25) is 0 Å². The average molecular weight is 345 g/mol. The van der Waals surface area contributed by atoms with Gasteiger partial charge in [0.15, 0.2) is 9.84 Å². The molecule has 0 radical (unpaired) electrons. The summed E-state index contributed by atoms with van der Waals surface area (Å²) in [5, 5.41) is 0. The first-order valence-corrected chi connectivity index (χ1v) is 10.5. The van der Waals surface area contributed by atoms with Crippen LogP contribution in [0.25, 0.3) is 11.4 Å². The van der Waals surface area contributed by atoms with E-state index in [0.29, 0.717) is 17.0 Å². The second-order valence-corrected chi connectivity index (χ2v) is 8.93. The van der Waals surface area contributed by atoms with Crippen LogP contribution >= 0.6 is 0 Å². The lowest BCUT2D eigenvalue weighted by Crippen LogP contribution is -2.41.